The molecular weight excluding hydrogens is 384 g/mol. The fourth-order valence-corrected chi connectivity index (χ4v) is 4.93. The molecule has 2 aliphatic heterocycles. The van der Waals surface area contributed by atoms with E-state index in [0.29, 0.717) is 0 Å². The number of benzene rings is 2. The number of piperidine rings is 1. The third-order valence-corrected chi connectivity index (χ3v) is 6.39. The van der Waals surface area contributed by atoms with Crippen molar-refractivity contribution < 1.29 is 8.78 Å². The molecular formula is C23H25F2N5. The largest absolute Gasteiger partial charge is 0.302 e. The zero-order valence-corrected chi connectivity index (χ0v) is 17.1. The minimum Gasteiger partial charge on any atom is -0.302 e. The van der Waals surface area contributed by atoms with Crippen LogP contribution in [-0.2, 0) is 18.6 Å². The number of hydrogen-bond acceptors (Lipinski definition) is 4. The molecule has 2 aromatic carbocycles. The second kappa shape index (κ2) is 7.56. The lowest BCUT2D eigenvalue weighted by atomic mass is 9.84. The van der Waals surface area contributed by atoms with E-state index >= 15 is 0 Å². The van der Waals surface area contributed by atoms with Gasteiger partial charge in [0.2, 0.25) is 0 Å². The first-order chi connectivity index (χ1) is 14.5. The van der Waals surface area contributed by atoms with Crippen LogP contribution in [0, 0.1) is 11.6 Å². The molecule has 5 rings (SSSR count). The van der Waals surface area contributed by atoms with Gasteiger partial charge in [-0.05, 0) is 61.9 Å². The Bertz CT molecular complexity index is 1020. The molecule has 1 aromatic heterocycles. The molecule has 0 saturated carbocycles. The van der Waals surface area contributed by atoms with E-state index in [2.05, 4.69) is 31.6 Å². The van der Waals surface area contributed by atoms with E-state index in [-0.39, 0.29) is 17.2 Å². The second-order valence-corrected chi connectivity index (χ2v) is 8.58. The van der Waals surface area contributed by atoms with Gasteiger partial charge in [-0.2, -0.15) is 0 Å². The van der Waals surface area contributed by atoms with Crippen molar-refractivity contribution in [2.45, 2.75) is 31.5 Å². The zero-order valence-electron chi connectivity index (χ0n) is 17.1. The number of halogens is 2. The quantitative estimate of drug-likeness (QED) is 0.662. The highest BCUT2D eigenvalue weighted by Gasteiger charge is 2.43. The Kier molecular flexibility index (Phi) is 4.87. The van der Waals surface area contributed by atoms with E-state index in [1.165, 1.54) is 24.3 Å². The van der Waals surface area contributed by atoms with Crippen LogP contribution < -0.4 is 0 Å². The maximum absolute atomic E-state index is 13.4. The Morgan fingerprint density at radius 2 is 1.53 bits per heavy atom. The van der Waals surface area contributed by atoms with E-state index < -0.39 is 0 Å². The number of nitrogens with zero attached hydrogens (tertiary/aromatic N) is 5. The molecule has 1 saturated heterocycles. The summed E-state index contributed by atoms with van der Waals surface area (Å²) >= 11 is 0. The number of rotatable bonds is 3. The molecule has 3 aromatic rings. The summed E-state index contributed by atoms with van der Waals surface area (Å²) in [5.74, 6) is 1.34. The van der Waals surface area contributed by atoms with Crippen LogP contribution in [0.2, 0.25) is 0 Å². The molecule has 0 bridgehead atoms. The van der Waals surface area contributed by atoms with Crippen LogP contribution >= 0.6 is 0 Å². The predicted molar refractivity (Wildman–Crippen MR) is 111 cm³/mol. The summed E-state index contributed by atoms with van der Waals surface area (Å²) in [7, 11) is 2.13. The molecule has 0 amide bonds. The Labute approximate surface area is 174 Å². The number of likely N-dealkylation sites (tertiary alicyclic amines) is 1. The molecule has 2 aliphatic rings. The van der Waals surface area contributed by atoms with Crippen molar-refractivity contribution in [2.24, 2.45) is 0 Å². The SMILES string of the molecule is CN1Cc2nnc(-c3ccc(F)cc3)n2C2(CCN(Cc3ccc(F)cc3)CC2)C1. The van der Waals surface area contributed by atoms with Gasteiger partial charge >= 0.3 is 0 Å². The Balaban J connectivity index is 1.41. The van der Waals surface area contributed by atoms with E-state index in [1.54, 1.807) is 12.1 Å². The summed E-state index contributed by atoms with van der Waals surface area (Å²) in [4.78, 5) is 4.74. The molecule has 0 aliphatic carbocycles. The minimum absolute atomic E-state index is 0.0746. The molecule has 0 radical (unpaired) electrons. The molecule has 5 nitrogen and oxygen atoms in total. The van der Waals surface area contributed by atoms with Crippen molar-refractivity contribution in [3.8, 4) is 11.4 Å². The molecule has 1 spiro atoms. The summed E-state index contributed by atoms with van der Waals surface area (Å²) in [5, 5.41) is 8.97. The van der Waals surface area contributed by atoms with Crippen LogP contribution in [0.25, 0.3) is 11.4 Å². The summed E-state index contributed by atoms with van der Waals surface area (Å²) in [6.45, 7) is 4.43. The average Bonchev–Trinajstić information content (AvgIpc) is 3.17. The van der Waals surface area contributed by atoms with Gasteiger partial charge in [-0.1, -0.05) is 12.1 Å². The fraction of sp³-hybridized carbons (Fsp3) is 0.391. The lowest BCUT2D eigenvalue weighted by Crippen LogP contribution is -2.55. The molecule has 156 valence electrons. The highest BCUT2D eigenvalue weighted by Crippen LogP contribution is 2.39. The van der Waals surface area contributed by atoms with Crippen LogP contribution in [0.15, 0.2) is 48.5 Å². The topological polar surface area (TPSA) is 37.2 Å². The maximum atomic E-state index is 13.4. The Hall–Kier alpha value is -2.64. The van der Waals surface area contributed by atoms with Crippen LogP contribution in [0.4, 0.5) is 8.78 Å². The Morgan fingerprint density at radius 3 is 2.20 bits per heavy atom. The van der Waals surface area contributed by atoms with Crippen LogP contribution in [0.5, 0.6) is 0 Å². The first-order valence-corrected chi connectivity index (χ1v) is 10.4. The van der Waals surface area contributed by atoms with Crippen molar-refractivity contribution in [1.82, 2.24) is 24.6 Å². The maximum Gasteiger partial charge on any atom is 0.164 e. The average molecular weight is 409 g/mol. The van der Waals surface area contributed by atoms with Crippen molar-refractivity contribution in [1.29, 1.82) is 0 Å². The minimum atomic E-state index is -0.249. The van der Waals surface area contributed by atoms with E-state index in [0.717, 1.165) is 68.3 Å². The third-order valence-electron chi connectivity index (χ3n) is 6.39. The summed E-state index contributed by atoms with van der Waals surface area (Å²) in [6.07, 6.45) is 1.97. The van der Waals surface area contributed by atoms with Gasteiger partial charge in [0, 0.05) is 31.7 Å². The van der Waals surface area contributed by atoms with Crippen molar-refractivity contribution in [3.63, 3.8) is 0 Å². The number of fused-ring (bicyclic) bond motifs is 2. The number of aromatic nitrogens is 3. The summed E-state index contributed by atoms with van der Waals surface area (Å²) in [6, 6.07) is 13.3. The normalized spacial score (nSPS) is 19.2. The zero-order chi connectivity index (χ0) is 20.7. The van der Waals surface area contributed by atoms with E-state index in [1.807, 2.05) is 12.1 Å². The standard InChI is InChI=1S/C23H25F2N5/c1-28-15-21-26-27-22(18-4-8-20(25)9-5-18)30(21)23(16-28)10-12-29(13-11-23)14-17-2-6-19(24)7-3-17/h2-9H,10-16H2,1H3. The lowest BCUT2D eigenvalue weighted by molar-refractivity contribution is 0.0490. The number of likely N-dealkylation sites (N-methyl/N-ethyl adjacent to an activating group) is 1. The van der Waals surface area contributed by atoms with Crippen LogP contribution in [0.3, 0.4) is 0 Å². The van der Waals surface area contributed by atoms with Crippen LogP contribution in [0.1, 0.15) is 24.2 Å². The van der Waals surface area contributed by atoms with E-state index in [9.17, 15) is 8.78 Å². The molecule has 0 N–H and O–H groups in total. The van der Waals surface area contributed by atoms with Gasteiger partial charge in [-0.15, -0.1) is 10.2 Å². The van der Waals surface area contributed by atoms with Crippen molar-refractivity contribution >= 4 is 0 Å². The number of hydrogen-bond donors (Lipinski definition) is 0. The molecule has 3 heterocycles. The van der Waals surface area contributed by atoms with Gasteiger partial charge in [0.15, 0.2) is 5.82 Å². The smallest absolute Gasteiger partial charge is 0.164 e. The molecule has 1 fully saturated rings. The molecule has 30 heavy (non-hydrogen) atoms. The lowest BCUT2D eigenvalue weighted by Gasteiger charge is -2.48. The van der Waals surface area contributed by atoms with Gasteiger partial charge in [0.1, 0.15) is 17.5 Å². The van der Waals surface area contributed by atoms with E-state index in [4.69, 9.17) is 0 Å². The molecule has 0 atom stereocenters. The molecule has 7 heteroatoms. The van der Waals surface area contributed by atoms with Crippen molar-refractivity contribution in [2.75, 3.05) is 26.7 Å². The fourth-order valence-electron chi connectivity index (χ4n) is 4.93. The van der Waals surface area contributed by atoms with Crippen LogP contribution in [-0.4, -0.2) is 51.2 Å². The second-order valence-electron chi connectivity index (χ2n) is 8.58. The van der Waals surface area contributed by atoms with Gasteiger partial charge in [0.05, 0.1) is 12.1 Å². The summed E-state index contributed by atoms with van der Waals surface area (Å²) < 4.78 is 28.9. The van der Waals surface area contributed by atoms with Gasteiger partial charge in [0.25, 0.3) is 0 Å². The first kappa shape index (κ1) is 19.3. The highest BCUT2D eigenvalue weighted by molar-refractivity contribution is 5.56. The van der Waals surface area contributed by atoms with Gasteiger partial charge in [-0.25, -0.2) is 8.78 Å². The van der Waals surface area contributed by atoms with Crippen molar-refractivity contribution in [3.05, 3.63) is 71.6 Å². The summed E-state index contributed by atoms with van der Waals surface area (Å²) in [5.41, 5.74) is 1.95. The third kappa shape index (κ3) is 3.52. The Morgan fingerprint density at radius 1 is 0.900 bits per heavy atom. The predicted octanol–water partition coefficient (Wildman–Crippen LogP) is 3.66. The molecule has 0 unspecified atom stereocenters. The highest BCUT2D eigenvalue weighted by atomic mass is 19.1. The first-order valence-electron chi connectivity index (χ1n) is 10.4. The van der Waals surface area contributed by atoms with Gasteiger partial charge < -0.3 is 4.57 Å². The monoisotopic (exact) mass is 409 g/mol. The van der Waals surface area contributed by atoms with Gasteiger partial charge in [-0.3, -0.25) is 9.80 Å².